The van der Waals surface area contributed by atoms with Crippen molar-refractivity contribution in [2.24, 2.45) is 11.1 Å². The minimum Gasteiger partial charge on any atom is -0.326 e. The molecular formula is C18H21FN4O5S2. The van der Waals surface area contributed by atoms with Crippen molar-refractivity contribution >= 4 is 37.5 Å². The van der Waals surface area contributed by atoms with Crippen LogP contribution in [-0.2, 0) is 25.0 Å². The second-order valence-electron chi connectivity index (χ2n) is 6.84. The van der Waals surface area contributed by atoms with E-state index >= 15 is 0 Å². The lowest BCUT2D eigenvalue weighted by Crippen LogP contribution is -2.44. The second-order valence-corrected chi connectivity index (χ2v) is 10.1. The summed E-state index contributed by atoms with van der Waals surface area (Å²) in [6, 6.07) is 10.5. The lowest BCUT2D eigenvalue weighted by Gasteiger charge is -2.29. The van der Waals surface area contributed by atoms with Crippen LogP contribution in [0, 0.1) is 11.7 Å². The van der Waals surface area contributed by atoms with Crippen LogP contribution in [0.4, 0.5) is 15.8 Å². The molecule has 9 nitrogen and oxygen atoms in total. The van der Waals surface area contributed by atoms with Gasteiger partial charge in [0.1, 0.15) is 5.82 Å². The predicted molar refractivity (Wildman–Crippen MR) is 110 cm³/mol. The molecule has 162 valence electrons. The Morgan fingerprint density at radius 3 is 2.00 bits per heavy atom. The van der Waals surface area contributed by atoms with Crippen molar-refractivity contribution in [2.45, 2.75) is 17.7 Å². The lowest BCUT2D eigenvalue weighted by atomic mass is 9.97. The SMILES string of the molecule is NS(=O)(=O)N1CCC(C(=O)Nc2ccc(NS(=O)(=O)c3ccc(F)cc3)cc2)CC1. The minimum atomic E-state index is -3.87. The average molecular weight is 457 g/mol. The highest BCUT2D eigenvalue weighted by molar-refractivity contribution is 7.92. The van der Waals surface area contributed by atoms with Crippen LogP contribution in [0.25, 0.3) is 0 Å². The number of hydrogen-bond acceptors (Lipinski definition) is 5. The molecule has 4 N–H and O–H groups in total. The fraction of sp³-hybridized carbons (Fsp3) is 0.278. The first-order chi connectivity index (χ1) is 14.0. The van der Waals surface area contributed by atoms with E-state index in [-0.39, 0.29) is 35.5 Å². The number of sulfonamides is 1. The Morgan fingerprint density at radius 1 is 0.933 bits per heavy atom. The summed E-state index contributed by atoms with van der Waals surface area (Å²) in [6.07, 6.45) is 0.718. The van der Waals surface area contributed by atoms with E-state index in [0.717, 1.165) is 28.6 Å². The van der Waals surface area contributed by atoms with Crippen LogP contribution in [0.5, 0.6) is 0 Å². The topological polar surface area (TPSA) is 139 Å². The molecule has 0 atom stereocenters. The van der Waals surface area contributed by atoms with Crippen LogP contribution in [0.2, 0.25) is 0 Å². The average Bonchev–Trinajstić information content (AvgIpc) is 2.69. The minimum absolute atomic E-state index is 0.0767. The van der Waals surface area contributed by atoms with Crippen LogP contribution in [0.3, 0.4) is 0 Å². The maximum Gasteiger partial charge on any atom is 0.276 e. The van der Waals surface area contributed by atoms with Crippen molar-refractivity contribution in [2.75, 3.05) is 23.1 Å². The van der Waals surface area contributed by atoms with Crippen molar-refractivity contribution < 1.29 is 26.0 Å². The van der Waals surface area contributed by atoms with Gasteiger partial charge in [-0.25, -0.2) is 17.9 Å². The number of piperidine rings is 1. The molecule has 1 heterocycles. The maximum atomic E-state index is 13.0. The van der Waals surface area contributed by atoms with E-state index in [9.17, 15) is 26.0 Å². The van der Waals surface area contributed by atoms with Crippen molar-refractivity contribution in [1.29, 1.82) is 0 Å². The van der Waals surface area contributed by atoms with Crippen molar-refractivity contribution in [3.8, 4) is 0 Å². The monoisotopic (exact) mass is 456 g/mol. The molecule has 3 rings (SSSR count). The molecule has 1 fully saturated rings. The van der Waals surface area contributed by atoms with Gasteiger partial charge in [0.15, 0.2) is 0 Å². The van der Waals surface area contributed by atoms with E-state index in [0.29, 0.717) is 18.5 Å². The molecule has 0 saturated carbocycles. The lowest BCUT2D eigenvalue weighted by molar-refractivity contribution is -0.120. The Balaban J connectivity index is 1.58. The number of rotatable bonds is 6. The summed E-state index contributed by atoms with van der Waals surface area (Å²) < 4.78 is 63.8. The standard InChI is InChI=1S/C18H21FN4O5S2/c19-14-1-7-17(8-2-14)29(25,26)22-16-5-3-15(4-6-16)21-18(24)13-9-11-23(12-10-13)30(20,27)28/h1-8,13,22H,9-12H2,(H,21,24)(H2,20,27,28). The third kappa shape index (κ3) is 5.53. The Bertz CT molecular complexity index is 1110. The molecule has 0 aromatic heterocycles. The van der Waals surface area contributed by atoms with Crippen LogP contribution >= 0.6 is 0 Å². The van der Waals surface area contributed by atoms with Crippen molar-refractivity contribution in [3.05, 3.63) is 54.3 Å². The highest BCUT2D eigenvalue weighted by atomic mass is 32.2. The fourth-order valence-corrected chi connectivity index (χ4v) is 4.84. The molecule has 0 bridgehead atoms. The smallest absolute Gasteiger partial charge is 0.276 e. The Hall–Kier alpha value is -2.54. The highest BCUT2D eigenvalue weighted by Crippen LogP contribution is 2.22. The Kier molecular flexibility index (Phi) is 6.41. The van der Waals surface area contributed by atoms with Crippen LogP contribution in [0.15, 0.2) is 53.4 Å². The summed E-state index contributed by atoms with van der Waals surface area (Å²) >= 11 is 0. The van der Waals surface area contributed by atoms with Gasteiger partial charge in [0.25, 0.3) is 20.2 Å². The van der Waals surface area contributed by atoms with Gasteiger partial charge in [-0.1, -0.05) is 0 Å². The Morgan fingerprint density at radius 2 is 1.47 bits per heavy atom. The molecule has 2 aromatic rings. The first-order valence-electron chi connectivity index (χ1n) is 9.02. The number of anilines is 2. The van der Waals surface area contributed by atoms with Gasteiger partial charge in [0.2, 0.25) is 5.91 Å². The number of amides is 1. The van der Waals surface area contributed by atoms with Gasteiger partial charge in [0, 0.05) is 30.4 Å². The van der Waals surface area contributed by atoms with Gasteiger partial charge in [-0.05, 0) is 61.4 Å². The number of carbonyl (C=O) groups excluding carboxylic acids is 1. The van der Waals surface area contributed by atoms with Gasteiger partial charge in [-0.15, -0.1) is 0 Å². The summed E-state index contributed by atoms with van der Waals surface area (Å²) in [7, 11) is -7.62. The predicted octanol–water partition coefficient (Wildman–Crippen LogP) is 1.48. The maximum absolute atomic E-state index is 13.0. The molecule has 2 aromatic carbocycles. The number of nitrogens with two attached hydrogens (primary N) is 1. The van der Waals surface area contributed by atoms with Gasteiger partial charge in [0.05, 0.1) is 4.90 Å². The number of hydrogen-bond donors (Lipinski definition) is 3. The molecule has 0 spiro atoms. The molecule has 1 amide bonds. The fourth-order valence-electron chi connectivity index (χ4n) is 3.07. The van der Waals surface area contributed by atoms with Gasteiger partial charge in [-0.3, -0.25) is 9.52 Å². The third-order valence-electron chi connectivity index (χ3n) is 4.71. The van der Waals surface area contributed by atoms with E-state index in [1.165, 1.54) is 12.1 Å². The van der Waals surface area contributed by atoms with Crippen molar-refractivity contribution in [3.63, 3.8) is 0 Å². The molecule has 0 radical (unpaired) electrons. The largest absolute Gasteiger partial charge is 0.326 e. The van der Waals surface area contributed by atoms with Crippen LogP contribution < -0.4 is 15.2 Å². The zero-order valence-corrected chi connectivity index (χ0v) is 17.4. The summed E-state index contributed by atoms with van der Waals surface area (Å²) in [5, 5.41) is 7.83. The van der Waals surface area contributed by atoms with Crippen LogP contribution in [-0.4, -0.2) is 40.1 Å². The highest BCUT2D eigenvalue weighted by Gasteiger charge is 2.29. The van der Waals surface area contributed by atoms with E-state index in [1.807, 2.05) is 0 Å². The third-order valence-corrected chi connectivity index (χ3v) is 7.20. The summed E-state index contributed by atoms with van der Waals surface area (Å²) in [5.41, 5.74) is 0.748. The van der Waals surface area contributed by atoms with E-state index in [4.69, 9.17) is 5.14 Å². The van der Waals surface area contributed by atoms with E-state index < -0.39 is 26.0 Å². The number of benzene rings is 2. The first kappa shape index (κ1) is 22.2. The first-order valence-corrected chi connectivity index (χ1v) is 12.0. The molecule has 1 aliphatic heterocycles. The van der Waals surface area contributed by atoms with E-state index in [2.05, 4.69) is 10.0 Å². The molecule has 0 unspecified atom stereocenters. The zero-order valence-electron chi connectivity index (χ0n) is 15.8. The number of halogens is 1. The summed E-state index contributed by atoms with van der Waals surface area (Å²) in [5.74, 6) is -1.13. The molecule has 0 aliphatic carbocycles. The summed E-state index contributed by atoms with van der Waals surface area (Å²) in [4.78, 5) is 12.3. The zero-order chi connectivity index (χ0) is 21.9. The summed E-state index contributed by atoms with van der Waals surface area (Å²) in [6.45, 7) is 0.363. The van der Waals surface area contributed by atoms with Gasteiger partial charge >= 0.3 is 0 Å². The van der Waals surface area contributed by atoms with Gasteiger partial charge in [-0.2, -0.15) is 12.7 Å². The van der Waals surface area contributed by atoms with Crippen LogP contribution in [0.1, 0.15) is 12.8 Å². The number of nitrogens with zero attached hydrogens (tertiary/aromatic N) is 1. The molecular weight excluding hydrogens is 435 g/mol. The van der Waals surface area contributed by atoms with Gasteiger partial charge < -0.3 is 5.32 Å². The number of carbonyl (C=O) groups is 1. The second kappa shape index (κ2) is 8.68. The molecule has 1 saturated heterocycles. The number of nitrogens with one attached hydrogen (secondary N) is 2. The quantitative estimate of drug-likeness (QED) is 0.604. The van der Waals surface area contributed by atoms with E-state index in [1.54, 1.807) is 12.1 Å². The molecule has 1 aliphatic rings. The Labute approximate surface area is 174 Å². The normalized spacial score (nSPS) is 16.2. The van der Waals surface area contributed by atoms with Crippen molar-refractivity contribution in [1.82, 2.24) is 4.31 Å². The molecule has 12 heteroatoms. The molecule has 30 heavy (non-hydrogen) atoms.